The van der Waals surface area contributed by atoms with E-state index in [0.717, 1.165) is 44.5 Å². The second-order valence-corrected chi connectivity index (χ2v) is 8.35. The first-order valence-electron chi connectivity index (χ1n) is 7.66. The Labute approximate surface area is 127 Å². The van der Waals surface area contributed by atoms with Crippen molar-refractivity contribution >= 4 is 9.84 Å². The number of hydrogen-bond donors (Lipinski definition) is 1. The molecule has 1 heterocycles. The summed E-state index contributed by atoms with van der Waals surface area (Å²) in [6, 6.07) is 0. The van der Waals surface area contributed by atoms with Crippen molar-refractivity contribution in [3.8, 4) is 0 Å². The largest absolute Gasteiger partial charge is 0.316 e. The van der Waals surface area contributed by atoms with E-state index >= 15 is 0 Å². The van der Waals surface area contributed by atoms with Gasteiger partial charge in [0.2, 0.25) is 0 Å². The van der Waals surface area contributed by atoms with Crippen LogP contribution in [-0.4, -0.2) is 37.7 Å². The summed E-state index contributed by atoms with van der Waals surface area (Å²) in [5.74, 6) is 1.06. The highest BCUT2D eigenvalue weighted by Gasteiger charge is 2.24. The average molecular weight is 311 g/mol. The lowest BCUT2D eigenvalue weighted by Gasteiger charge is -2.24. The zero-order valence-corrected chi connectivity index (χ0v) is 13.9. The minimum absolute atomic E-state index is 0.429. The van der Waals surface area contributed by atoms with Gasteiger partial charge in [-0.05, 0) is 57.2 Å². The second-order valence-electron chi connectivity index (χ2n) is 5.98. The summed E-state index contributed by atoms with van der Waals surface area (Å²) in [6.07, 6.45) is 7.22. The SMILES string of the molecule is CCCNCC1CCc2nc(C(C)S(C)(=O)=O)ncc2C1. The normalized spacial score (nSPS) is 20.0. The van der Waals surface area contributed by atoms with Gasteiger partial charge < -0.3 is 5.32 Å². The third-order valence-corrected chi connectivity index (χ3v) is 5.63. The van der Waals surface area contributed by atoms with E-state index in [0.29, 0.717) is 11.7 Å². The number of sulfone groups is 1. The number of hydrogen-bond acceptors (Lipinski definition) is 5. The van der Waals surface area contributed by atoms with Crippen molar-refractivity contribution in [3.05, 3.63) is 23.3 Å². The van der Waals surface area contributed by atoms with Crippen LogP contribution in [0.15, 0.2) is 6.20 Å². The number of fused-ring (bicyclic) bond motifs is 1. The Morgan fingerprint density at radius 2 is 2.24 bits per heavy atom. The molecule has 2 atom stereocenters. The summed E-state index contributed by atoms with van der Waals surface area (Å²) in [7, 11) is -3.14. The van der Waals surface area contributed by atoms with Gasteiger partial charge in [0.05, 0.1) is 0 Å². The minimum Gasteiger partial charge on any atom is -0.316 e. The molecule has 0 fully saturated rings. The van der Waals surface area contributed by atoms with Crippen molar-refractivity contribution in [2.45, 2.75) is 44.8 Å². The van der Waals surface area contributed by atoms with Crippen LogP contribution in [0.3, 0.4) is 0 Å². The van der Waals surface area contributed by atoms with Gasteiger partial charge in [0, 0.05) is 18.1 Å². The zero-order valence-electron chi connectivity index (χ0n) is 13.1. The molecule has 21 heavy (non-hydrogen) atoms. The van der Waals surface area contributed by atoms with Gasteiger partial charge in [-0.1, -0.05) is 6.92 Å². The van der Waals surface area contributed by atoms with Crippen LogP contribution in [0.4, 0.5) is 0 Å². The van der Waals surface area contributed by atoms with E-state index < -0.39 is 15.1 Å². The molecule has 0 radical (unpaired) electrons. The van der Waals surface area contributed by atoms with Gasteiger partial charge in [0.15, 0.2) is 9.84 Å². The van der Waals surface area contributed by atoms with Crippen LogP contribution in [-0.2, 0) is 22.7 Å². The number of rotatable bonds is 6. The summed E-state index contributed by atoms with van der Waals surface area (Å²) in [5, 5.41) is 2.83. The fourth-order valence-corrected chi connectivity index (χ4v) is 3.14. The van der Waals surface area contributed by atoms with Crippen LogP contribution < -0.4 is 5.32 Å². The molecule has 1 aliphatic rings. The first kappa shape index (κ1) is 16.4. The Morgan fingerprint density at radius 1 is 1.48 bits per heavy atom. The maximum Gasteiger partial charge on any atom is 0.157 e. The quantitative estimate of drug-likeness (QED) is 0.809. The third-order valence-electron chi connectivity index (χ3n) is 4.14. The first-order valence-corrected chi connectivity index (χ1v) is 9.61. The van der Waals surface area contributed by atoms with Crippen molar-refractivity contribution in [2.24, 2.45) is 5.92 Å². The van der Waals surface area contributed by atoms with Gasteiger partial charge in [-0.3, -0.25) is 0 Å². The van der Waals surface area contributed by atoms with Crippen molar-refractivity contribution in [3.63, 3.8) is 0 Å². The maximum atomic E-state index is 11.6. The molecule has 1 aromatic rings. The molecule has 1 aromatic heterocycles. The summed E-state index contributed by atoms with van der Waals surface area (Å²) < 4.78 is 23.2. The standard InChI is InChI=1S/C15H25N3O2S/c1-4-7-16-9-12-5-6-14-13(8-12)10-17-15(18-14)11(2)21(3,19)20/h10-12,16H,4-9H2,1-3H3. The molecule has 0 saturated carbocycles. The van der Waals surface area contributed by atoms with Crippen molar-refractivity contribution < 1.29 is 8.42 Å². The van der Waals surface area contributed by atoms with Gasteiger partial charge >= 0.3 is 0 Å². The van der Waals surface area contributed by atoms with Crippen molar-refractivity contribution in [1.82, 2.24) is 15.3 Å². The van der Waals surface area contributed by atoms with Crippen LogP contribution >= 0.6 is 0 Å². The van der Waals surface area contributed by atoms with Crippen molar-refractivity contribution in [1.29, 1.82) is 0 Å². The molecule has 0 spiro atoms. The topological polar surface area (TPSA) is 72.0 Å². The van der Waals surface area contributed by atoms with E-state index in [-0.39, 0.29) is 0 Å². The summed E-state index contributed by atoms with van der Waals surface area (Å²) in [5.41, 5.74) is 2.20. The summed E-state index contributed by atoms with van der Waals surface area (Å²) in [6.45, 7) is 5.91. The fraction of sp³-hybridized carbons (Fsp3) is 0.733. The van der Waals surface area contributed by atoms with Crippen LogP contribution in [0.1, 0.15) is 49.0 Å². The summed E-state index contributed by atoms with van der Waals surface area (Å²) in [4.78, 5) is 8.78. The molecule has 0 bridgehead atoms. The highest BCUT2D eigenvalue weighted by Crippen LogP contribution is 2.25. The van der Waals surface area contributed by atoms with Crippen molar-refractivity contribution in [2.75, 3.05) is 19.3 Å². The van der Waals surface area contributed by atoms with Gasteiger partial charge in [0.1, 0.15) is 11.1 Å². The number of aromatic nitrogens is 2. The molecule has 5 nitrogen and oxygen atoms in total. The van der Waals surface area contributed by atoms with Crippen LogP contribution in [0.25, 0.3) is 0 Å². The van der Waals surface area contributed by atoms with E-state index in [1.807, 2.05) is 6.20 Å². The maximum absolute atomic E-state index is 11.6. The molecule has 6 heteroatoms. The number of nitrogens with one attached hydrogen (secondary N) is 1. The first-order chi connectivity index (χ1) is 9.91. The van der Waals surface area contributed by atoms with E-state index in [2.05, 4.69) is 22.2 Å². The van der Waals surface area contributed by atoms with Gasteiger partial charge in [-0.15, -0.1) is 0 Å². The second kappa shape index (κ2) is 6.83. The number of nitrogens with zero attached hydrogens (tertiary/aromatic N) is 2. The zero-order chi connectivity index (χ0) is 15.5. The Morgan fingerprint density at radius 3 is 2.90 bits per heavy atom. The monoisotopic (exact) mass is 311 g/mol. The Kier molecular flexibility index (Phi) is 5.32. The molecule has 2 unspecified atom stereocenters. The lowest BCUT2D eigenvalue weighted by atomic mass is 9.87. The predicted molar refractivity (Wildman–Crippen MR) is 84.0 cm³/mol. The molecule has 1 aliphatic carbocycles. The molecule has 0 aliphatic heterocycles. The van der Waals surface area contributed by atoms with Gasteiger partial charge in [-0.25, -0.2) is 18.4 Å². The molecule has 0 aromatic carbocycles. The Bertz CT molecular complexity index is 587. The van der Waals surface area contributed by atoms with Crippen LogP contribution in [0.2, 0.25) is 0 Å². The van der Waals surface area contributed by atoms with E-state index in [9.17, 15) is 8.42 Å². The molecule has 1 N–H and O–H groups in total. The third kappa shape index (κ3) is 4.23. The Balaban J connectivity index is 2.07. The summed E-state index contributed by atoms with van der Waals surface area (Å²) >= 11 is 0. The molecule has 0 saturated heterocycles. The number of aryl methyl sites for hydroxylation is 1. The minimum atomic E-state index is -3.14. The highest BCUT2D eigenvalue weighted by molar-refractivity contribution is 7.90. The molecular weight excluding hydrogens is 286 g/mol. The molecule has 2 rings (SSSR count). The van der Waals surface area contributed by atoms with Crippen LogP contribution in [0, 0.1) is 5.92 Å². The van der Waals surface area contributed by atoms with E-state index in [1.54, 1.807) is 6.92 Å². The lowest BCUT2D eigenvalue weighted by Crippen LogP contribution is -2.28. The van der Waals surface area contributed by atoms with Gasteiger partial charge in [0.25, 0.3) is 0 Å². The molecule has 118 valence electrons. The average Bonchev–Trinajstić information content (AvgIpc) is 2.45. The molecule has 0 amide bonds. The highest BCUT2D eigenvalue weighted by atomic mass is 32.2. The Hall–Kier alpha value is -1.01. The van der Waals surface area contributed by atoms with E-state index in [4.69, 9.17) is 0 Å². The molecular formula is C15H25N3O2S. The predicted octanol–water partition coefficient (Wildman–Crippen LogP) is 1.69. The van der Waals surface area contributed by atoms with Gasteiger partial charge in [-0.2, -0.15) is 0 Å². The van der Waals surface area contributed by atoms with Crippen LogP contribution in [0.5, 0.6) is 0 Å². The van der Waals surface area contributed by atoms with E-state index in [1.165, 1.54) is 11.8 Å². The lowest BCUT2D eigenvalue weighted by molar-refractivity contribution is 0.419. The smallest absolute Gasteiger partial charge is 0.157 e. The fourth-order valence-electron chi connectivity index (χ4n) is 2.64.